The molecule has 4 nitrogen and oxygen atoms in total. The van der Waals surface area contributed by atoms with Crippen LogP contribution >= 0.6 is 22.9 Å². The zero-order valence-corrected chi connectivity index (χ0v) is 14.9. The molecule has 0 aliphatic carbocycles. The number of benzene rings is 1. The number of halogens is 1. The molecule has 0 saturated carbocycles. The van der Waals surface area contributed by atoms with Gasteiger partial charge in [0.2, 0.25) is 5.89 Å². The van der Waals surface area contributed by atoms with Crippen molar-refractivity contribution in [2.75, 3.05) is 7.05 Å². The lowest BCUT2D eigenvalue weighted by atomic mass is 10.2. The van der Waals surface area contributed by atoms with Crippen LogP contribution in [0.25, 0.3) is 11.5 Å². The number of hydrogen-bond donors (Lipinski definition) is 0. The number of aromatic nitrogens is 2. The maximum absolute atomic E-state index is 5.93. The Hall–Kier alpha value is -1.69. The molecule has 0 aliphatic rings. The first kappa shape index (κ1) is 16.2. The molecule has 3 aromatic rings. The first-order valence-electron chi connectivity index (χ1n) is 7.36. The third kappa shape index (κ3) is 3.63. The fraction of sp³-hybridized carbons (Fsp3) is 0.294. The number of nitrogens with zero attached hydrogens (tertiary/aromatic N) is 3. The lowest BCUT2D eigenvalue weighted by Crippen LogP contribution is -2.22. The summed E-state index contributed by atoms with van der Waals surface area (Å²) in [5, 5.41) is 3.81. The van der Waals surface area contributed by atoms with Gasteiger partial charge in [-0.25, -0.2) is 9.97 Å². The highest BCUT2D eigenvalue weighted by Crippen LogP contribution is 2.26. The van der Waals surface area contributed by atoms with Crippen molar-refractivity contribution in [2.45, 2.75) is 26.4 Å². The average Bonchev–Trinajstić information content (AvgIpc) is 3.18. The van der Waals surface area contributed by atoms with Gasteiger partial charge in [0.1, 0.15) is 10.8 Å². The van der Waals surface area contributed by atoms with Crippen molar-refractivity contribution in [1.29, 1.82) is 0 Å². The Labute approximate surface area is 144 Å². The molecular formula is C17H18ClN3OS. The lowest BCUT2D eigenvalue weighted by molar-refractivity contribution is 0.248. The molecule has 0 saturated heterocycles. The van der Waals surface area contributed by atoms with Crippen molar-refractivity contribution in [3.8, 4) is 11.5 Å². The summed E-state index contributed by atoms with van der Waals surface area (Å²) in [4.78, 5) is 11.2. The highest BCUT2D eigenvalue weighted by molar-refractivity contribution is 7.09. The summed E-state index contributed by atoms with van der Waals surface area (Å²) in [6.07, 6.45) is 1.84. The van der Waals surface area contributed by atoms with Gasteiger partial charge in [-0.05, 0) is 45.2 Å². The van der Waals surface area contributed by atoms with E-state index < -0.39 is 0 Å². The molecule has 2 aromatic heterocycles. The monoisotopic (exact) mass is 347 g/mol. The molecule has 2 heterocycles. The minimum Gasteiger partial charge on any atom is -0.441 e. The molecule has 0 aliphatic heterocycles. The van der Waals surface area contributed by atoms with E-state index >= 15 is 0 Å². The Morgan fingerprint density at radius 3 is 2.70 bits per heavy atom. The van der Waals surface area contributed by atoms with Gasteiger partial charge in [-0.1, -0.05) is 11.6 Å². The van der Waals surface area contributed by atoms with E-state index in [-0.39, 0.29) is 6.04 Å². The predicted octanol–water partition coefficient (Wildman–Crippen LogP) is 4.95. The molecule has 0 spiro atoms. The van der Waals surface area contributed by atoms with Crippen LogP contribution in [-0.4, -0.2) is 21.9 Å². The second kappa shape index (κ2) is 6.83. The van der Waals surface area contributed by atoms with Gasteiger partial charge < -0.3 is 4.42 Å². The van der Waals surface area contributed by atoms with Gasteiger partial charge in [0, 0.05) is 28.7 Å². The van der Waals surface area contributed by atoms with Crippen LogP contribution in [-0.2, 0) is 6.54 Å². The van der Waals surface area contributed by atoms with E-state index in [4.69, 9.17) is 16.0 Å². The summed E-state index contributed by atoms with van der Waals surface area (Å²) in [6, 6.07) is 7.75. The maximum atomic E-state index is 5.93. The second-order valence-corrected chi connectivity index (χ2v) is 6.85. The molecule has 0 radical (unpaired) electrons. The van der Waals surface area contributed by atoms with Crippen molar-refractivity contribution in [3.05, 3.63) is 57.3 Å². The number of rotatable bonds is 5. The first-order valence-corrected chi connectivity index (χ1v) is 8.62. The molecule has 0 amide bonds. The van der Waals surface area contributed by atoms with Crippen LogP contribution in [0.5, 0.6) is 0 Å². The van der Waals surface area contributed by atoms with Gasteiger partial charge in [-0.2, -0.15) is 0 Å². The lowest BCUT2D eigenvalue weighted by Gasteiger charge is -2.21. The zero-order chi connectivity index (χ0) is 16.4. The highest BCUT2D eigenvalue weighted by atomic mass is 35.5. The maximum Gasteiger partial charge on any atom is 0.226 e. The summed E-state index contributed by atoms with van der Waals surface area (Å²) in [6.45, 7) is 4.81. The van der Waals surface area contributed by atoms with E-state index in [1.54, 1.807) is 11.3 Å². The van der Waals surface area contributed by atoms with Gasteiger partial charge >= 0.3 is 0 Å². The third-order valence-corrected chi connectivity index (χ3v) is 5.05. The van der Waals surface area contributed by atoms with Crippen LogP contribution in [0.4, 0.5) is 0 Å². The van der Waals surface area contributed by atoms with Crippen molar-refractivity contribution in [3.63, 3.8) is 0 Å². The quantitative estimate of drug-likeness (QED) is 0.654. The predicted molar refractivity (Wildman–Crippen MR) is 93.7 cm³/mol. The Kier molecular flexibility index (Phi) is 4.80. The highest BCUT2D eigenvalue weighted by Gasteiger charge is 2.18. The van der Waals surface area contributed by atoms with Crippen LogP contribution in [0.1, 0.15) is 29.4 Å². The van der Waals surface area contributed by atoms with Crippen LogP contribution in [0.2, 0.25) is 5.02 Å². The Morgan fingerprint density at radius 2 is 2.04 bits per heavy atom. The molecule has 23 heavy (non-hydrogen) atoms. The Morgan fingerprint density at radius 1 is 1.30 bits per heavy atom. The summed E-state index contributed by atoms with van der Waals surface area (Å²) in [5.41, 5.74) is 1.88. The Balaban J connectivity index is 1.77. The Bertz CT molecular complexity index is 768. The molecule has 1 unspecified atom stereocenters. The topological polar surface area (TPSA) is 42.2 Å². The van der Waals surface area contributed by atoms with Gasteiger partial charge in [-0.3, -0.25) is 4.90 Å². The third-order valence-electron chi connectivity index (χ3n) is 3.85. The molecule has 0 N–H and O–H groups in total. The number of hydrogen-bond acceptors (Lipinski definition) is 5. The second-order valence-electron chi connectivity index (χ2n) is 5.49. The van der Waals surface area contributed by atoms with Crippen molar-refractivity contribution >= 4 is 22.9 Å². The molecule has 6 heteroatoms. The van der Waals surface area contributed by atoms with Crippen LogP contribution in [0, 0.1) is 6.92 Å². The largest absolute Gasteiger partial charge is 0.441 e. The van der Waals surface area contributed by atoms with Crippen LogP contribution in [0.3, 0.4) is 0 Å². The fourth-order valence-corrected chi connectivity index (χ4v) is 3.18. The summed E-state index contributed by atoms with van der Waals surface area (Å²) >= 11 is 7.59. The standard InChI is InChI=1S/C17H18ClN3OS/c1-11(17-19-8-9-23-17)21(3)10-15-12(2)22-16(20-15)13-4-6-14(18)7-5-13/h4-9,11H,10H2,1-3H3. The fourth-order valence-electron chi connectivity index (χ4n) is 2.29. The van der Waals surface area contributed by atoms with E-state index in [2.05, 4.69) is 28.8 Å². The summed E-state index contributed by atoms with van der Waals surface area (Å²) in [5.74, 6) is 1.47. The van der Waals surface area contributed by atoms with Gasteiger partial charge in [0.05, 0.1) is 11.7 Å². The molecule has 1 atom stereocenters. The van der Waals surface area contributed by atoms with E-state index in [0.29, 0.717) is 17.5 Å². The van der Waals surface area contributed by atoms with Crippen molar-refractivity contribution in [2.24, 2.45) is 0 Å². The molecule has 1 aromatic carbocycles. The molecule has 120 valence electrons. The minimum absolute atomic E-state index is 0.241. The van der Waals surface area contributed by atoms with E-state index in [1.807, 2.05) is 42.8 Å². The zero-order valence-electron chi connectivity index (χ0n) is 13.3. The van der Waals surface area contributed by atoms with Crippen molar-refractivity contribution < 1.29 is 4.42 Å². The van der Waals surface area contributed by atoms with Gasteiger partial charge in [0.15, 0.2) is 0 Å². The first-order chi connectivity index (χ1) is 11.0. The minimum atomic E-state index is 0.241. The SMILES string of the molecule is Cc1oc(-c2ccc(Cl)cc2)nc1CN(C)C(C)c1nccs1. The number of thiazole rings is 1. The normalized spacial score (nSPS) is 12.7. The van der Waals surface area contributed by atoms with E-state index in [9.17, 15) is 0 Å². The molecule has 0 fully saturated rings. The van der Waals surface area contributed by atoms with Crippen LogP contribution in [0.15, 0.2) is 40.3 Å². The summed E-state index contributed by atoms with van der Waals surface area (Å²) < 4.78 is 5.82. The van der Waals surface area contributed by atoms with Gasteiger partial charge in [0.25, 0.3) is 0 Å². The van der Waals surface area contributed by atoms with E-state index in [1.165, 1.54) is 0 Å². The molecule has 0 bridgehead atoms. The summed E-state index contributed by atoms with van der Waals surface area (Å²) in [7, 11) is 2.07. The average molecular weight is 348 g/mol. The number of aryl methyl sites for hydroxylation is 1. The van der Waals surface area contributed by atoms with Crippen LogP contribution < -0.4 is 0 Å². The van der Waals surface area contributed by atoms with E-state index in [0.717, 1.165) is 22.0 Å². The van der Waals surface area contributed by atoms with Gasteiger partial charge in [-0.15, -0.1) is 11.3 Å². The molecule has 3 rings (SSSR count). The number of oxazole rings is 1. The molecular weight excluding hydrogens is 330 g/mol. The van der Waals surface area contributed by atoms with Crippen molar-refractivity contribution in [1.82, 2.24) is 14.9 Å². The smallest absolute Gasteiger partial charge is 0.226 e.